The SMILES string of the molecule is CC(C)(C)C(=O)Oc1cc(CCCCC(=O)O)cc([N+](=O)[O-])c1O. The number of ether oxygens (including phenoxy) is 1. The molecule has 1 rings (SSSR count). The van der Waals surface area contributed by atoms with Crippen molar-refractivity contribution in [3.8, 4) is 11.5 Å². The maximum atomic E-state index is 11.9. The summed E-state index contributed by atoms with van der Waals surface area (Å²) in [6.07, 6.45) is 1.29. The van der Waals surface area contributed by atoms with Crippen molar-refractivity contribution in [2.45, 2.75) is 46.5 Å². The number of carbonyl (C=O) groups excluding carboxylic acids is 1. The summed E-state index contributed by atoms with van der Waals surface area (Å²) < 4.78 is 5.10. The van der Waals surface area contributed by atoms with E-state index in [1.54, 1.807) is 20.8 Å². The van der Waals surface area contributed by atoms with E-state index in [1.807, 2.05) is 0 Å². The Kier molecular flexibility index (Phi) is 6.27. The second kappa shape index (κ2) is 7.76. The molecule has 0 atom stereocenters. The zero-order chi connectivity index (χ0) is 18.5. The summed E-state index contributed by atoms with van der Waals surface area (Å²) >= 11 is 0. The smallest absolute Gasteiger partial charge is 0.316 e. The molecule has 0 heterocycles. The van der Waals surface area contributed by atoms with Crippen LogP contribution in [0.25, 0.3) is 0 Å². The number of carboxylic acid groups (broad SMARTS) is 1. The molecule has 0 aliphatic carbocycles. The van der Waals surface area contributed by atoms with Crippen LogP contribution in [0.3, 0.4) is 0 Å². The van der Waals surface area contributed by atoms with Crippen molar-refractivity contribution in [1.82, 2.24) is 0 Å². The highest BCUT2D eigenvalue weighted by molar-refractivity contribution is 5.79. The van der Waals surface area contributed by atoms with Crippen LogP contribution >= 0.6 is 0 Å². The summed E-state index contributed by atoms with van der Waals surface area (Å²) in [6.45, 7) is 4.86. The van der Waals surface area contributed by atoms with Gasteiger partial charge in [-0.25, -0.2) is 0 Å². The van der Waals surface area contributed by atoms with Crippen molar-refractivity contribution in [3.05, 3.63) is 27.8 Å². The first kappa shape index (κ1) is 19.4. The van der Waals surface area contributed by atoms with Gasteiger partial charge in [0.25, 0.3) is 0 Å². The van der Waals surface area contributed by atoms with Gasteiger partial charge in [-0.3, -0.25) is 19.7 Å². The number of phenols is 1. The van der Waals surface area contributed by atoms with Gasteiger partial charge < -0.3 is 14.9 Å². The van der Waals surface area contributed by atoms with Crippen LogP contribution in [0, 0.1) is 15.5 Å². The Morgan fingerprint density at radius 1 is 1.25 bits per heavy atom. The van der Waals surface area contributed by atoms with Crippen LogP contribution in [0.5, 0.6) is 11.5 Å². The van der Waals surface area contributed by atoms with Crippen molar-refractivity contribution in [1.29, 1.82) is 0 Å². The van der Waals surface area contributed by atoms with Gasteiger partial charge in [-0.05, 0) is 51.7 Å². The van der Waals surface area contributed by atoms with Crippen molar-refractivity contribution >= 4 is 17.6 Å². The molecule has 1 aromatic carbocycles. The van der Waals surface area contributed by atoms with Crippen molar-refractivity contribution < 1.29 is 29.5 Å². The van der Waals surface area contributed by atoms with E-state index in [0.717, 1.165) is 0 Å². The molecule has 0 bridgehead atoms. The first-order chi connectivity index (χ1) is 11.0. The highest BCUT2D eigenvalue weighted by Gasteiger charge is 2.27. The number of aromatic hydroxyl groups is 1. The molecule has 0 amide bonds. The van der Waals surface area contributed by atoms with Crippen LogP contribution < -0.4 is 4.74 Å². The fourth-order valence-electron chi connectivity index (χ4n) is 1.87. The highest BCUT2D eigenvalue weighted by atomic mass is 16.6. The van der Waals surface area contributed by atoms with E-state index in [-0.39, 0.29) is 12.2 Å². The van der Waals surface area contributed by atoms with Crippen LogP contribution in [-0.2, 0) is 16.0 Å². The molecule has 0 saturated heterocycles. The molecular weight excluding hydrogens is 318 g/mol. The van der Waals surface area contributed by atoms with E-state index in [2.05, 4.69) is 0 Å². The van der Waals surface area contributed by atoms with E-state index in [1.165, 1.54) is 12.1 Å². The van der Waals surface area contributed by atoms with Gasteiger partial charge in [0.2, 0.25) is 5.75 Å². The number of phenolic OH excluding ortho intramolecular Hbond substituents is 1. The number of aryl methyl sites for hydroxylation is 1. The van der Waals surface area contributed by atoms with Crippen LogP contribution in [0.15, 0.2) is 12.1 Å². The van der Waals surface area contributed by atoms with Crippen LogP contribution in [0.2, 0.25) is 0 Å². The number of esters is 1. The summed E-state index contributed by atoms with van der Waals surface area (Å²) in [4.78, 5) is 32.7. The lowest BCUT2D eigenvalue weighted by atomic mass is 9.97. The molecule has 0 fully saturated rings. The van der Waals surface area contributed by atoms with Crippen molar-refractivity contribution in [2.24, 2.45) is 5.41 Å². The van der Waals surface area contributed by atoms with Gasteiger partial charge >= 0.3 is 17.6 Å². The van der Waals surface area contributed by atoms with Gasteiger partial charge in [-0.2, -0.15) is 0 Å². The second-order valence-corrected chi connectivity index (χ2v) is 6.46. The highest BCUT2D eigenvalue weighted by Crippen LogP contribution is 2.38. The first-order valence-electron chi connectivity index (χ1n) is 7.46. The minimum absolute atomic E-state index is 0.00600. The number of unbranched alkanes of at least 4 members (excludes halogenated alkanes) is 1. The van der Waals surface area contributed by atoms with Crippen molar-refractivity contribution in [3.63, 3.8) is 0 Å². The van der Waals surface area contributed by atoms with E-state index in [9.17, 15) is 24.8 Å². The molecule has 8 heteroatoms. The molecule has 24 heavy (non-hydrogen) atoms. The van der Waals surface area contributed by atoms with Gasteiger partial charge in [0.05, 0.1) is 10.3 Å². The largest absolute Gasteiger partial charge is 0.499 e. The summed E-state index contributed by atoms with van der Waals surface area (Å²) in [6, 6.07) is 2.57. The third-order valence-corrected chi connectivity index (χ3v) is 3.23. The molecule has 0 unspecified atom stereocenters. The Labute approximate surface area is 139 Å². The Morgan fingerprint density at radius 3 is 2.38 bits per heavy atom. The molecule has 0 radical (unpaired) electrons. The van der Waals surface area contributed by atoms with Crippen molar-refractivity contribution in [2.75, 3.05) is 0 Å². The summed E-state index contributed by atoms with van der Waals surface area (Å²) in [7, 11) is 0. The number of hydrogen-bond acceptors (Lipinski definition) is 6. The number of hydrogen-bond donors (Lipinski definition) is 2. The van der Waals surface area contributed by atoms with Gasteiger partial charge in [0.1, 0.15) is 0 Å². The maximum absolute atomic E-state index is 11.9. The fraction of sp³-hybridized carbons (Fsp3) is 0.500. The lowest BCUT2D eigenvalue weighted by Gasteiger charge is -2.17. The molecule has 1 aromatic rings. The zero-order valence-corrected chi connectivity index (χ0v) is 13.9. The second-order valence-electron chi connectivity index (χ2n) is 6.46. The number of carbonyl (C=O) groups is 2. The molecule has 132 valence electrons. The third kappa shape index (κ3) is 5.53. The third-order valence-electron chi connectivity index (χ3n) is 3.23. The monoisotopic (exact) mass is 339 g/mol. The predicted octanol–water partition coefficient (Wildman–Crippen LogP) is 3.05. The van der Waals surface area contributed by atoms with Gasteiger partial charge in [0, 0.05) is 12.5 Å². The lowest BCUT2D eigenvalue weighted by Crippen LogP contribution is -2.25. The molecular formula is C16H21NO7. The van der Waals surface area contributed by atoms with Crippen LogP contribution in [0.1, 0.15) is 45.6 Å². The fourth-order valence-corrected chi connectivity index (χ4v) is 1.87. The maximum Gasteiger partial charge on any atom is 0.316 e. The number of carboxylic acids is 1. The quantitative estimate of drug-likeness (QED) is 0.257. The van der Waals surface area contributed by atoms with E-state index in [0.29, 0.717) is 24.8 Å². The lowest BCUT2D eigenvalue weighted by molar-refractivity contribution is -0.386. The Balaban J connectivity index is 3.03. The van der Waals surface area contributed by atoms with E-state index in [4.69, 9.17) is 9.84 Å². The normalized spacial score (nSPS) is 11.1. The van der Waals surface area contributed by atoms with E-state index < -0.39 is 33.7 Å². The minimum Gasteiger partial charge on any atom is -0.499 e. The standard InChI is InChI=1S/C16H21NO7/c1-16(2,3)15(21)24-12-9-10(6-4-5-7-13(18)19)8-11(14(12)20)17(22)23/h8-9,20H,4-7H2,1-3H3,(H,18,19). The van der Waals surface area contributed by atoms with E-state index >= 15 is 0 Å². The van der Waals surface area contributed by atoms with Gasteiger partial charge in [-0.15, -0.1) is 0 Å². The van der Waals surface area contributed by atoms with Crippen LogP contribution in [-0.4, -0.2) is 27.1 Å². The number of nitrogens with zero attached hydrogens (tertiary/aromatic N) is 1. The van der Waals surface area contributed by atoms with Crippen LogP contribution in [0.4, 0.5) is 5.69 Å². The Bertz CT molecular complexity index is 647. The summed E-state index contributed by atoms with van der Waals surface area (Å²) in [5.74, 6) is -2.51. The topological polar surface area (TPSA) is 127 Å². The molecule has 0 spiro atoms. The Hall–Kier alpha value is -2.64. The number of nitro benzene ring substituents is 1. The average molecular weight is 339 g/mol. The molecule has 0 saturated carbocycles. The predicted molar refractivity (Wildman–Crippen MR) is 85.0 cm³/mol. The molecule has 2 N–H and O–H groups in total. The van der Waals surface area contributed by atoms with Gasteiger partial charge in [-0.1, -0.05) is 0 Å². The minimum atomic E-state index is -0.911. The average Bonchev–Trinajstić information content (AvgIpc) is 2.44. The Morgan fingerprint density at radius 2 is 1.88 bits per heavy atom. The molecule has 0 aromatic heterocycles. The molecule has 0 aliphatic heterocycles. The molecule has 8 nitrogen and oxygen atoms in total. The van der Waals surface area contributed by atoms with Gasteiger partial charge in [0.15, 0.2) is 5.75 Å². The number of nitro groups is 1. The molecule has 0 aliphatic rings. The number of aliphatic carboxylic acids is 1. The summed E-state index contributed by atoms with van der Waals surface area (Å²) in [5, 5.41) is 29.6. The first-order valence-corrected chi connectivity index (χ1v) is 7.46. The zero-order valence-electron chi connectivity index (χ0n) is 13.9. The number of rotatable bonds is 7. The number of benzene rings is 1. The summed E-state index contributed by atoms with van der Waals surface area (Å²) in [5.41, 5.74) is -0.900.